The van der Waals surface area contributed by atoms with E-state index in [9.17, 15) is 9.59 Å². The number of nitrogens with one attached hydrogen (secondary N) is 2. The Morgan fingerprint density at radius 1 is 1.20 bits per heavy atom. The van der Waals surface area contributed by atoms with E-state index in [1.54, 1.807) is 22.4 Å². The summed E-state index contributed by atoms with van der Waals surface area (Å²) in [6.45, 7) is 2.11. The van der Waals surface area contributed by atoms with Crippen LogP contribution in [0.1, 0.15) is 23.4 Å². The lowest BCUT2D eigenvalue weighted by Gasteiger charge is -2.32. The fraction of sp³-hybridized carbons (Fsp3) is 0.389. The summed E-state index contributed by atoms with van der Waals surface area (Å²) in [6.07, 6.45) is 3.36. The molecule has 0 radical (unpaired) electrons. The first-order valence-electron chi connectivity index (χ1n) is 8.45. The predicted molar refractivity (Wildman–Crippen MR) is 96.9 cm³/mol. The lowest BCUT2D eigenvalue weighted by Crippen LogP contribution is -2.48. The van der Waals surface area contributed by atoms with Crippen molar-refractivity contribution in [2.75, 3.05) is 13.1 Å². The van der Waals surface area contributed by atoms with Gasteiger partial charge in [0.15, 0.2) is 0 Å². The summed E-state index contributed by atoms with van der Waals surface area (Å²) >= 11 is 1.62. The number of hydrogen-bond acceptors (Lipinski definition) is 4. The van der Waals surface area contributed by atoms with Crippen LogP contribution in [0.15, 0.2) is 41.9 Å². The van der Waals surface area contributed by atoms with Crippen LogP contribution in [0.3, 0.4) is 0 Å². The van der Waals surface area contributed by atoms with Gasteiger partial charge in [-0.25, -0.2) is 4.79 Å². The van der Waals surface area contributed by atoms with Crippen molar-refractivity contribution < 1.29 is 9.59 Å². The molecule has 1 unspecified atom stereocenters. The van der Waals surface area contributed by atoms with E-state index in [1.807, 2.05) is 35.7 Å². The van der Waals surface area contributed by atoms with Crippen molar-refractivity contribution in [1.82, 2.24) is 20.5 Å². The van der Waals surface area contributed by atoms with Crippen molar-refractivity contribution in [3.05, 3.63) is 52.5 Å². The largest absolute Gasteiger partial charge is 0.350 e. The second-order valence-electron chi connectivity index (χ2n) is 6.06. The molecular formula is C18H22N4O2S. The van der Waals surface area contributed by atoms with Gasteiger partial charge in [0, 0.05) is 24.2 Å². The Morgan fingerprint density at radius 3 is 2.88 bits per heavy atom. The van der Waals surface area contributed by atoms with Gasteiger partial charge in [-0.1, -0.05) is 12.1 Å². The van der Waals surface area contributed by atoms with Crippen LogP contribution < -0.4 is 10.6 Å². The standard InChI is InChI=1S/C18H22N4O2S/c23-17(20-11-15-6-1-2-8-19-15)14-5-3-9-22(13-14)18(24)21-12-16-7-4-10-25-16/h1-2,4,6-8,10,14H,3,5,9,11-13H2,(H,20,23)(H,21,24). The van der Waals surface area contributed by atoms with Gasteiger partial charge in [-0.15, -0.1) is 11.3 Å². The van der Waals surface area contributed by atoms with E-state index >= 15 is 0 Å². The van der Waals surface area contributed by atoms with Gasteiger partial charge in [0.05, 0.1) is 24.7 Å². The third kappa shape index (κ3) is 5.03. The molecule has 3 rings (SSSR count). The molecule has 1 fully saturated rings. The molecule has 0 aliphatic carbocycles. The van der Waals surface area contributed by atoms with E-state index in [0.29, 0.717) is 26.2 Å². The smallest absolute Gasteiger partial charge is 0.317 e. The van der Waals surface area contributed by atoms with Gasteiger partial charge in [-0.2, -0.15) is 0 Å². The van der Waals surface area contributed by atoms with E-state index in [2.05, 4.69) is 15.6 Å². The van der Waals surface area contributed by atoms with E-state index in [-0.39, 0.29) is 17.9 Å². The second-order valence-corrected chi connectivity index (χ2v) is 7.09. The molecule has 132 valence electrons. The minimum atomic E-state index is -0.162. The van der Waals surface area contributed by atoms with Crippen LogP contribution >= 0.6 is 11.3 Å². The molecule has 0 bridgehead atoms. The number of rotatable bonds is 5. The molecule has 25 heavy (non-hydrogen) atoms. The molecular weight excluding hydrogens is 336 g/mol. The van der Waals surface area contributed by atoms with Gasteiger partial charge in [-0.3, -0.25) is 9.78 Å². The normalized spacial score (nSPS) is 17.1. The number of piperidine rings is 1. The van der Waals surface area contributed by atoms with Crippen molar-refractivity contribution in [2.45, 2.75) is 25.9 Å². The van der Waals surface area contributed by atoms with Crippen LogP contribution in [0.5, 0.6) is 0 Å². The van der Waals surface area contributed by atoms with Gasteiger partial charge in [0.2, 0.25) is 5.91 Å². The highest BCUT2D eigenvalue weighted by Crippen LogP contribution is 2.17. The number of amides is 3. The zero-order valence-electron chi connectivity index (χ0n) is 14.0. The molecule has 1 aliphatic heterocycles. The van der Waals surface area contributed by atoms with Crippen molar-refractivity contribution in [3.63, 3.8) is 0 Å². The molecule has 2 N–H and O–H groups in total. The fourth-order valence-corrected chi connectivity index (χ4v) is 3.53. The van der Waals surface area contributed by atoms with Crippen molar-refractivity contribution >= 4 is 23.3 Å². The first-order valence-corrected chi connectivity index (χ1v) is 9.33. The Morgan fingerprint density at radius 2 is 2.12 bits per heavy atom. The maximum Gasteiger partial charge on any atom is 0.317 e. The summed E-state index contributed by atoms with van der Waals surface area (Å²) in [4.78, 5) is 31.8. The number of thiophene rings is 1. The van der Waals surface area contributed by atoms with Crippen molar-refractivity contribution in [1.29, 1.82) is 0 Å². The molecule has 1 saturated heterocycles. The van der Waals surface area contributed by atoms with Crippen LogP contribution in [0.4, 0.5) is 4.79 Å². The maximum atomic E-state index is 12.4. The Kier molecular flexibility index (Phi) is 6.00. The molecule has 1 aliphatic rings. The van der Waals surface area contributed by atoms with Crippen molar-refractivity contribution in [3.8, 4) is 0 Å². The summed E-state index contributed by atoms with van der Waals surface area (Å²) in [7, 11) is 0. The van der Waals surface area contributed by atoms with Crippen LogP contribution in [-0.4, -0.2) is 34.9 Å². The number of hydrogen-bond donors (Lipinski definition) is 2. The van der Waals surface area contributed by atoms with Crippen LogP contribution in [-0.2, 0) is 17.9 Å². The third-order valence-corrected chi connectivity index (χ3v) is 5.12. The predicted octanol–water partition coefficient (Wildman–Crippen LogP) is 2.38. The maximum absolute atomic E-state index is 12.4. The van der Waals surface area contributed by atoms with E-state index in [4.69, 9.17) is 0 Å². The number of likely N-dealkylation sites (tertiary alicyclic amines) is 1. The zero-order chi connectivity index (χ0) is 17.5. The summed E-state index contributed by atoms with van der Waals surface area (Å²) in [6, 6.07) is 9.49. The summed E-state index contributed by atoms with van der Waals surface area (Å²) < 4.78 is 0. The average molecular weight is 358 g/mol. The third-order valence-electron chi connectivity index (χ3n) is 4.24. The molecule has 2 aromatic rings. The molecule has 3 amide bonds. The number of aromatic nitrogens is 1. The highest BCUT2D eigenvalue weighted by atomic mass is 32.1. The Bertz CT molecular complexity index is 690. The minimum Gasteiger partial charge on any atom is -0.350 e. The molecule has 3 heterocycles. The molecule has 0 spiro atoms. The van der Waals surface area contributed by atoms with Crippen LogP contribution in [0, 0.1) is 5.92 Å². The first kappa shape index (κ1) is 17.4. The van der Waals surface area contributed by atoms with Crippen LogP contribution in [0.2, 0.25) is 0 Å². The van der Waals surface area contributed by atoms with Crippen LogP contribution in [0.25, 0.3) is 0 Å². The van der Waals surface area contributed by atoms with Gasteiger partial charge < -0.3 is 15.5 Å². The SMILES string of the molecule is O=C(NCc1ccccn1)C1CCCN(C(=O)NCc2cccs2)C1. The first-order chi connectivity index (χ1) is 12.2. The zero-order valence-corrected chi connectivity index (χ0v) is 14.8. The number of carbonyl (C=O) groups is 2. The topological polar surface area (TPSA) is 74.3 Å². The number of carbonyl (C=O) groups excluding carboxylic acids is 2. The second kappa shape index (κ2) is 8.62. The monoisotopic (exact) mass is 358 g/mol. The molecule has 6 nitrogen and oxygen atoms in total. The van der Waals surface area contributed by atoms with E-state index in [0.717, 1.165) is 23.4 Å². The van der Waals surface area contributed by atoms with Gasteiger partial charge in [0.1, 0.15) is 0 Å². The highest BCUT2D eigenvalue weighted by Gasteiger charge is 2.28. The average Bonchev–Trinajstić information content (AvgIpc) is 3.18. The molecule has 2 aromatic heterocycles. The number of pyridine rings is 1. The summed E-state index contributed by atoms with van der Waals surface area (Å²) in [5.74, 6) is -0.175. The highest BCUT2D eigenvalue weighted by molar-refractivity contribution is 7.09. The minimum absolute atomic E-state index is 0.0126. The molecule has 0 saturated carbocycles. The van der Waals surface area contributed by atoms with Gasteiger partial charge in [0.25, 0.3) is 0 Å². The van der Waals surface area contributed by atoms with Gasteiger partial charge in [-0.05, 0) is 36.4 Å². The molecule has 0 aromatic carbocycles. The molecule has 1 atom stereocenters. The summed E-state index contributed by atoms with van der Waals surface area (Å²) in [5.41, 5.74) is 0.831. The lowest BCUT2D eigenvalue weighted by molar-refractivity contribution is -0.126. The quantitative estimate of drug-likeness (QED) is 0.862. The number of urea groups is 1. The fourth-order valence-electron chi connectivity index (χ4n) is 2.89. The van der Waals surface area contributed by atoms with E-state index in [1.165, 1.54) is 0 Å². The van der Waals surface area contributed by atoms with Crippen molar-refractivity contribution in [2.24, 2.45) is 5.92 Å². The Hall–Kier alpha value is -2.41. The summed E-state index contributed by atoms with van der Waals surface area (Å²) in [5, 5.41) is 7.84. The number of nitrogens with zero attached hydrogens (tertiary/aromatic N) is 2. The Labute approximate surface area is 151 Å². The van der Waals surface area contributed by atoms with E-state index < -0.39 is 0 Å². The Balaban J connectivity index is 1.46. The molecule has 7 heteroatoms. The van der Waals surface area contributed by atoms with Gasteiger partial charge >= 0.3 is 6.03 Å². The lowest BCUT2D eigenvalue weighted by atomic mass is 9.97.